The fourth-order valence-electron chi connectivity index (χ4n) is 4.48. The van der Waals surface area contributed by atoms with Gasteiger partial charge in [-0.05, 0) is 60.7 Å². The first kappa shape index (κ1) is 31.7. The number of aliphatic hydroxyl groups excluding tert-OH is 1. The first-order valence-corrected chi connectivity index (χ1v) is 14.8. The van der Waals surface area contributed by atoms with Crippen LogP contribution in [0, 0.1) is 11.6 Å². The highest BCUT2D eigenvalue weighted by molar-refractivity contribution is 7.90. The van der Waals surface area contributed by atoms with Crippen molar-refractivity contribution in [2.45, 2.75) is 30.3 Å². The number of nitrogens with zero attached hydrogens (tertiary/aromatic N) is 2. The number of carbonyl (C=O) groups excluding carboxylic acids is 1. The third kappa shape index (κ3) is 7.50. The van der Waals surface area contributed by atoms with Gasteiger partial charge in [-0.25, -0.2) is 21.9 Å². The summed E-state index contributed by atoms with van der Waals surface area (Å²) < 4.78 is 96.0. The molecular formula is C30H25F4N3O7S. The van der Waals surface area contributed by atoms with Crippen molar-refractivity contribution in [1.29, 1.82) is 0 Å². The maximum absolute atomic E-state index is 13.6. The molecule has 0 bridgehead atoms. The van der Waals surface area contributed by atoms with Crippen LogP contribution in [0.4, 0.5) is 28.9 Å². The Morgan fingerprint density at radius 3 is 2.40 bits per heavy atom. The molecule has 0 radical (unpaired) electrons. The summed E-state index contributed by atoms with van der Waals surface area (Å²) in [5, 5.41) is 11.4. The maximum Gasteiger partial charge on any atom is 0.387 e. The van der Waals surface area contributed by atoms with Crippen LogP contribution in [-0.2, 0) is 14.8 Å². The lowest BCUT2D eigenvalue weighted by Gasteiger charge is -2.31. The van der Waals surface area contributed by atoms with Crippen LogP contribution in [0.1, 0.15) is 28.6 Å². The Morgan fingerprint density at radius 2 is 1.76 bits per heavy atom. The van der Waals surface area contributed by atoms with E-state index in [1.54, 1.807) is 16.9 Å². The third-order valence-corrected chi connectivity index (χ3v) is 7.99. The summed E-state index contributed by atoms with van der Waals surface area (Å²) in [4.78, 5) is 17.6. The highest BCUT2D eigenvalue weighted by atomic mass is 32.2. The molecule has 1 unspecified atom stereocenters. The van der Waals surface area contributed by atoms with Crippen LogP contribution in [-0.4, -0.2) is 50.3 Å². The molecule has 0 spiro atoms. The van der Waals surface area contributed by atoms with E-state index < -0.39 is 51.4 Å². The minimum atomic E-state index is -4.55. The molecule has 1 aliphatic heterocycles. The summed E-state index contributed by atoms with van der Waals surface area (Å²) in [6.45, 7) is -2.45. The van der Waals surface area contributed by atoms with E-state index in [0.29, 0.717) is 36.4 Å². The van der Waals surface area contributed by atoms with Crippen LogP contribution < -0.4 is 19.1 Å². The number of aromatic nitrogens is 1. The predicted molar refractivity (Wildman–Crippen MR) is 152 cm³/mol. The van der Waals surface area contributed by atoms with Crippen molar-refractivity contribution in [3.8, 4) is 11.5 Å². The van der Waals surface area contributed by atoms with Gasteiger partial charge in [0.05, 0.1) is 18.1 Å². The lowest BCUT2D eigenvalue weighted by molar-refractivity contribution is -0.0521. The van der Waals surface area contributed by atoms with Crippen molar-refractivity contribution in [2.75, 3.05) is 18.1 Å². The number of anilines is 2. The van der Waals surface area contributed by atoms with E-state index in [4.69, 9.17) is 9.47 Å². The normalized spacial score (nSPS) is 15.5. The SMILES string of the molecule is O=C(NS(=O)(=O)c1ccc(F)c(F)c1)c1ccc(N(c2ccc(OC(F)F)c(O[C@@H]3CCOC3)c2)C(O)c2cccnc2)cc1. The quantitative estimate of drug-likeness (QED) is 0.169. The highest BCUT2D eigenvalue weighted by Crippen LogP contribution is 2.40. The number of amides is 1. The van der Waals surface area contributed by atoms with E-state index >= 15 is 0 Å². The molecule has 2 N–H and O–H groups in total. The summed E-state index contributed by atoms with van der Waals surface area (Å²) >= 11 is 0. The Balaban J connectivity index is 1.47. The van der Waals surface area contributed by atoms with E-state index in [1.165, 1.54) is 59.8 Å². The number of carbonyl (C=O) groups is 1. The van der Waals surface area contributed by atoms with Gasteiger partial charge in [-0.1, -0.05) is 6.07 Å². The molecule has 4 aromatic rings. The number of halogens is 4. The summed E-state index contributed by atoms with van der Waals surface area (Å²) in [5.41, 5.74) is 0.812. The molecule has 45 heavy (non-hydrogen) atoms. The zero-order valence-corrected chi connectivity index (χ0v) is 24.0. The second-order valence-electron chi connectivity index (χ2n) is 9.70. The first-order valence-electron chi connectivity index (χ1n) is 13.3. The Bertz CT molecular complexity index is 1760. The topological polar surface area (TPSA) is 127 Å². The van der Waals surface area contributed by atoms with E-state index in [0.717, 1.165) is 6.07 Å². The second kappa shape index (κ2) is 13.5. The molecule has 0 aliphatic carbocycles. The largest absolute Gasteiger partial charge is 0.484 e. The summed E-state index contributed by atoms with van der Waals surface area (Å²) in [6, 6.07) is 14.5. The van der Waals surface area contributed by atoms with Gasteiger partial charge in [-0.15, -0.1) is 0 Å². The van der Waals surface area contributed by atoms with Gasteiger partial charge in [0.2, 0.25) is 0 Å². The fourth-order valence-corrected chi connectivity index (χ4v) is 5.47. The van der Waals surface area contributed by atoms with Crippen molar-refractivity contribution in [2.24, 2.45) is 0 Å². The average Bonchev–Trinajstić information content (AvgIpc) is 3.53. The Labute approximate surface area is 254 Å². The minimum Gasteiger partial charge on any atom is -0.484 e. The third-order valence-electron chi connectivity index (χ3n) is 6.67. The number of sulfonamides is 1. The summed E-state index contributed by atoms with van der Waals surface area (Å²) in [6.07, 6.45) is 1.66. The Hall–Kier alpha value is -4.73. The van der Waals surface area contributed by atoms with Crippen molar-refractivity contribution >= 4 is 27.3 Å². The molecular weight excluding hydrogens is 622 g/mol. The average molecular weight is 648 g/mol. The summed E-state index contributed by atoms with van der Waals surface area (Å²) in [5.74, 6) is -3.97. The molecule has 236 valence electrons. The fraction of sp³-hybridized carbons (Fsp3) is 0.200. The van der Waals surface area contributed by atoms with Gasteiger partial charge >= 0.3 is 6.61 Å². The van der Waals surface area contributed by atoms with Gasteiger partial charge in [0.15, 0.2) is 29.4 Å². The molecule has 1 fully saturated rings. The maximum atomic E-state index is 13.6. The van der Waals surface area contributed by atoms with E-state index in [9.17, 15) is 35.9 Å². The number of ether oxygens (including phenoxy) is 3. The van der Waals surface area contributed by atoms with Gasteiger partial charge in [0, 0.05) is 47.4 Å². The van der Waals surface area contributed by atoms with Crippen LogP contribution in [0.15, 0.2) is 90.1 Å². The van der Waals surface area contributed by atoms with Crippen LogP contribution in [0.3, 0.4) is 0 Å². The lowest BCUT2D eigenvalue weighted by Crippen LogP contribution is -2.30. The van der Waals surface area contributed by atoms with Crippen molar-refractivity contribution in [3.63, 3.8) is 0 Å². The molecule has 0 saturated carbocycles. The lowest BCUT2D eigenvalue weighted by atomic mass is 10.1. The number of hydrogen-bond acceptors (Lipinski definition) is 9. The number of alkyl halides is 2. The molecule has 1 aliphatic rings. The van der Waals surface area contributed by atoms with Crippen LogP contribution >= 0.6 is 0 Å². The van der Waals surface area contributed by atoms with Crippen molar-refractivity contribution in [1.82, 2.24) is 9.71 Å². The summed E-state index contributed by atoms with van der Waals surface area (Å²) in [7, 11) is -4.55. The molecule has 5 rings (SSSR count). The van der Waals surface area contributed by atoms with Gasteiger partial charge in [0.25, 0.3) is 15.9 Å². The number of aliphatic hydroxyl groups is 1. The number of benzene rings is 3. The molecule has 1 amide bonds. The molecule has 10 nitrogen and oxygen atoms in total. The molecule has 1 aromatic heterocycles. The van der Waals surface area contributed by atoms with E-state index in [-0.39, 0.29) is 29.4 Å². The van der Waals surface area contributed by atoms with Crippen LogP contribution in [0.5, 0.6) is 11.5 Å². The van der Waals surface area contributed by atoms with E-state index in [1.807, 2.05) is 0 Å². The minimum absolute atomic E-state index is 0.0230. The number of pyridine rings is 1. The second-order valence-corrected chi connectivity index (χ2v) is 11.4. The standard InChI is InChI=1S/C30H25F4N3O7S/c31-24-9-8-23(15-25(24)32)45(40,41)36-28(38)18-3-5-20(6-4-18)37(29(39)19-2-1-12-35-16-19)21-7-10-26(44-30(33)34)27(14-21)43-22-11-13-42-17-22/h1-10,12,14-16,22,29-30,39H,11,13,17H2,(H,36,38)/t22-,29?/m1/s1. The van der Waals surface area contributed by atoms with Gasteiger partial charge < -0.3 is 24.2 Å². The molecule has 1 saturated heterocycles. The van der Waals surface area contributed by atoms with Gasteiger partial charge in [0.1, 0.15) is 6.10 Å². The van der Waals surface area contributed by atoms with Crippen molar-refractivity contribution < 1.29 is 50.1 Å². The van der Waals surface area contributed by atoms with Crippen LogP contribution in [0.25, 0.3) is 0 Å². The number of nitrogens with one attached hydrogen (secondary N) is 1. The Kier molecular flexibility index (Phi) is 9.51. The number of hydrogen-bond donors (Lipinski definition) is 2. The van der Waals surface area contributed by atoms with Gasteiger partial charge in [-0.3, -0.25) is 9.78 Å². The molecule has 2 atom stereocenters. The Morgan fingerprint density at radius 1 is 1.00 bits per heavy atom. The zero-order valence-electron chi connectivity index (χ0n) is 23.1. The molecule has 2 heterocycles. The number of rotatable bonds is 11. The molecule has 3 aromatic carbocycles. The van der Waals surface area contributed by atoms with Crippen molar-refractivity contribution in [3.05, 3.63) is 108 Å². The zero-order chi connectivity index (χ0) is 32.1. The smallest absolute Gasteiger partial charge is 0.387 e. The highest BCUT2D eigenvalue weighted by Gasteiger charge is 2.26. The van der Waals surface area contributed by atoms with Crippen LogP contribution in [0.2, 0.25) is 0 Å². The molecule has 15 heteroatoms. The first-order chi connectivity index (χ1) is 21.5. The van der Waals surface area contributed by atoms with Gasteiger partial charge in [-0.2, -0.15) is 8.78 Å². The predicted octanol–water partition coefficient (Wildman–Crippen LogP) is 5.08. The monoisotopic (exact) mass is 647 g/mol. The van der Waals surface area contributed by atoms with E-state index in [2.05, 4.69) is 9.72 Å².